The predicted molar refractivity (Wildman–Crippen MR) is 103 cm³/mol. The van der Waals surface area contributed by atoms with Gasteiger partial charge in [0, 0.05) is 17.4 Å². The van der Waals surface area contributed by atoms with Gasteiger partial charge in [-0.15, -0.1) is 0 Å². The SMILES string of the molecule is CCc1ccccc1NC(=O)CN1c2ccc(S(N)(=O)=O)cc2C[C@H]1C. The monoisotopic (exact) mass is 373 g/mol. The number of primary sulfonamides is 1. The number of carbonyl (C=O) groups is 1. The van der Waals surface area contributed by atoms with E-state index in [2.05, 4.69) is 5.32 Å². The molecule has 26 heavy (non-hydrogen) atoms. The number of nitrogens with two attached hydrogens (primary N) is 1. The number of hydrogen-bond donors (Lipinski definition) is 2. The van der Waals surface area contributed by atoms with E-state index in [1.54, 1.807) is 12.1 Å². The van der Waals surface area contributed by atoms with Gasteiger partial charge in [0.05, 0.1) is 11.4 Å². The lowest BCUT2D eigenvalue weighted by Gasteiger charge is -2.24. The summed E-state index contributed by atoms with van der Waals surface area (Å²) in [5.74, 6) is -0.0962. The number of nitrogens with zero attached hydrogens (tertiary/aromatic N) is 1. The Kier molecular flexibility index (Phi) is 5.02. The van der Waals surface area contributed by atoms with E-state index in [0.29, 0.717) is 6.42 Å². The highest BCUT2D eigenvalue weighted by Gasteiger charge is 2.28. The molecule has 0 saturated heterocycles. The molecule has 0 bridgehead atoms. The maximum absolute atomic E-state index is 12.5. The Morgan fingerprint density at radius 1 is 1.27 bits per heavy atom. The Balaban J connectivity index is 1.78. The molecule has 2 aromatic rings. The highest BCUT2D eigenvalue weighted by atomic mass is 32.2. The van der Waals surface area contributed by atoms with E-state index in [9.17, 15) is 13.2 Å². The molecule has 6 nitrogen and oxygen atoms in total. The third-order valence-electron chi connectivity index (χ3n) is 4.72. The molecule has 1 atom stereocenters. The zero-order chi connectivity index (χ0) is 18.9. The molecule has 7 heteroatoms. The van der Waals surface area contributed by atoms with Crippen molar-refractivity contribution < 1.29 is 13.2 Å². The van der Waals surface area contributed by atoms with E-state index < -0.39 is 10.0 Å². The Morgan fingerprint density at radius 2 is 2.00 bits per heavy atom. The van der Waals surface area contributed by atoms with E-state index in [0.717, 1.165) is 28.9 Å². The van der Waals surface area contributed by atoms with Crippen molar-refractivity contribution in [2.24, 2.45) is 5.14 Å². The summed E-state index contributed by atoms with van der Waals surface area (Å²) in [5, 5.41) is 8.19. The second-order valence-electron chi connectivity index (χ2n) is 6.58. The third-order valence-corrected chi connectivity index (χ3v) is 5.63. The smallest absolute Gasteiger partial charge is 0.243 e. The summed E-state index contributed by atoms with van der Waals surface area (Å²) >= 11 is 0. The molecular formula is C19H23N3O3S. The molecule has 0 fully saturated rings. The lowest BCUT2D eigenvalue weighted by Crippen LogP contribution is -2.37. The molecule has 1 heterocycles. The van der Waals surface area contributed by atoms with Gasteiger partial charge in [-0.3, -0.25) is 4.79 Å². The van der Waals surface area contributed by atoms with Crippen LogP contribution >= 0.6 is 0 Å². The van der Waals surface area contributed by atoms with Crippen molar-refractivity contribution in [3.8, 4) is 0 Å². The first-order valence-corrected chi connectivity index (χ1v) is 10.1. The lowest BCUT2D eigenvalue weighted by atomic mass is 10.1. The molecule has 0 aliphatic carbocycles. The number of nitrogens with one attached hydrogen (secondary N) is 1. The fourth-order valence-corrected chi connectivity index (χ4v) is 3.95. The number of fused-ring (bicyclic) bond motifs is 1. The maximum Gasteiger partial charge on any atom is 0.243 e. The van der Waals surface area contributed by atoms with Gasteiger partial charge in [-0.05, 0) is 55.2 Å². The van der Waals surface area contributed by atoms with E-state index in [1.807, 2.05) is 43.0 Å². The minimum Gasteiger partial charge on any atom is -0.359 e. The van der Waals surface area contributed by atoms with Crippen molar-refractivity contribution >= 4 is 27.3 Å². The van der Waals surface area contributed by atoms with Gasteiger partial charge in [0.25, 0.3) is 0 Å². The van der Waals surface area contributed by atoms with Gasteiger partial charge in [0.15, 0.2) is 0 Å². The first-order chi connectivity index (χ1) is 12.3. The van der Waals surface area contributed by atoms with Crippen molar-refractivity contribution in [1.82, 2.24) is 0 Å². The van der Waals surface area contributed by atoms with Gasteiger partial charge in [-0.25, -0.2) is 13.6 Å². The second-order valence-corrected chi connectivity index (χ2v) is 8.14. The molecule has 1 aliphatic rings. The van der Waals surface area contributed by atoms with Crippen LogP contribution in [0.1, 0.15) is 25.0 Å². The fourth-order valence-electron chi connectivity index (χ4n) is 3.38. The standard InChI is InChI=1S/C19H23N3O3S/c1-3-14-6-4-5-7-17(14)21-19(23)12-22-13(2)10-15-11-16(26(20,24)25)8-9-18(15)22/h4-9,11,13H,3,10,12H2,1-2H3,(H,21,23)(H2,20,24,25)/t13-/m1/s1. The summed E-state index contributed by atoms with van der Waals surface area (Å²) in [5.41, 5.74) is 3.69. The summed E-state index contributed by atoms with van der Waals surface area (Å²) < 4.78 is 23.1. The summed E-state index contributed by atoms with van der Waals surface area (Å²) in [7, 11) is -3.73. The largest absolute Gasteiger partial charge is 0.359 e. The molecule has 3 N–H and O–H groups in total. The third kappa shape index (κ3) is 3.73. The molecule has 2 aromatic carbocycles. The molecule has 0 saturated carbocycles. The first-order valence-electron chi connectivity index (χ1n) is 8.59. The molecule has 0 radical (unpaired) electrons. The summed E-state index contributed by atoms with van der Waals surface area (Å²) in [6.07, 6.45) is 1.52. The Morgan fingerprint density at radius 3 is 2.69 bits per heavy atom. The molecule has 0 unspecified atom stereocenters. The minimum atomic E-state index is -3.73. The Labute approximate surface area is 154 Å². The van der Waals surface area contributed by atoms with Crippen molar-refractivity contribution in [3.05, 3.63) is 53.6 Å². The molecule has 1 aliphatic heterocycles. The van der Waals surface area contributed by atoms with Gasteiger partial charge in [0.1, 0.15) is 0 Å². The predicted octanol–water partition coefficient (Wildman–Crippen LogP) is 2.29. The summed E-state index contributed by atoms with van der Waals surface area (Å²) in [4.78, 5) is 14.6. The van der Waals surface area contributed by atoms with Crippen molar-refractivity contribution in [2.75, 3.05) is 16.8 Å². The van der Waals surface area contributed by atoms with E-state index in [4.69, 9.17) is 5.14 Å². The first kappa shape index (κ1) is 18.4. The number of para-hydroxylation sites is 1. The normalized spacial score (nSPS) is 16.4. The van der Waals surface area contributed by atoms with E-state index in [1.165, 1.54) is 6.07 Å². The van der Waals surface area contributed by atoms with Crippen LogP contribution in [0.3, 0.4) is 0 Å². The molecule has 138 valence electrons. The number of amides is 1. The zero-order valence-corrected chi connectivity index (χ0v) is 15.7. The Hall–Kier alpha value is -2.38. The van der Waals surface area contributed by atoms with Crippen molar-refractivity contribution in [1.29, 1.82) is 0 Å². The van der Waals surface area contributed by atoms with Crippen LogP contribution in [0.5, 0.6) is 0 Å². The van der Waals surface area contributed by atoms with Crippen molar-refractivity contribution in [3.63, 3.8) is 0 Å². The van der Waals surface area contributed by atoms with Crippen LogP contribution in [0.4, 0.5) is 11.4 Å². The average molecular weight is 373 g/mol. The van der Waals surface area contributed by atoms with Crippen LogP contribution < -0.4 is 15.4 Å². The number of aryl methyl sites for hydroxylation is 1. The molecule has 3 rings (SSSR count). The molecular weight excluding hydrogens is 350 g/mol. The van der Waals surface area contributed by atoms with Gasteiger partial charge in [-0.2, -0.15) is 0 Å². The van der Waals surface area contributed by atoms with Gasteiger partial charge in [-0.1, -0.05) is 25.1 Å². The molecule has 0 spiro atoms. The maximum atomic E-state index is 12.5. The van der Waals surface area contributed by atoms with Crippen LogP contribution in [0.25, 0.3) is 0 Å². The number of anilines is 2. The van der Waals surface area contributed by atoms with Crippen LogP contribution in [-0.4, -0.2) is 26.9 Å². The topological polar surface area (TPSA) is 92.5 Å². The quantitative estimate of drug-likeness (QED) is 0.841. The van der Waals surface area contributed by atoms with Gasteiger partial charge < -0.3 is 10.2 Å². The number of carbonyl (C=O) groups excluding carboxylic acids is 1. The van der Waals surface area contributed by atoms with Crippen LogP contribution in [0, 0.1) is 0 Å². The number of rotatable bonds is 5. The molecule has 0 aromatic heterocycles. The summed E-state index contributed by atoms with van der Waals surface area (Å²) in [6, 6.07) is 12.7. The van der Waals surface area contributed by atoms with E-state index in [-0.39, 0.29) is 23.4 Å². The van der Waals surface area contributed by atoms with Crippen LogP contribution in [0.2, 0.25) is 0 Å². The van der Waals surface area contributed by atoms with Gasteiger partial charge >= 0.3 is 0 Å². The molecule has 1 amide bonds. The second kappa shape index (κ2) is 7.09. The number of hydrogen-bond acceptors (Lipinski definition) is 4. The van der Waals surface area contributed by atoms with Crippen LogP contribution in [0.15, 0.2) is 47.4 Å². The highest BCUT2D eigenvalue weighted by molar-refractivity contribution is 7.89. The minimum absolute atomic E-state index is 0.0962. The van der Waals surface area contributed by atoms with E-state index >= 15 is 0 Å². The Bertz CT molecular complexity index is 941. The van der Waals surface area contributed by atoms with Gasteiger partial charge in [0.2, 0.25) is 15.9 Å². The fraction of sp³-hybridized carbons (Fsp3) is 0.316. The lowest BCUT2D eigenvalue weighted by molar-refractivity contribution is -0.115. The number of sulfonamides is 1. The zero-order valence-electron chi connectivity index (χ0n) is 14.9. The summed E-state index contributed by atoms with van der Waals surface area (Å²) in [6.45, 7) is 4.28. The average Bonchev–Trinajstić information content (AvgIpc) is 2.89. The van der Waals surface area contributed by atoms with Crippen molar-refractivity contribution in [2.45, 2.75) is 37.6 Å². The number of benzene rings is 2. The van der Waals surface area contributed by atoms with Crippen LogP contribution in [-0.2, 0) is 27.7 Å². The highest BCUT2D eigenvalue weighted by Crippen LogP contribution is 2.33.